The summed E-state index contributed by atoms with van der Waals surface area (Å²) in [4.78, 5) is 11.8. The molecule has 0 aliphatic heterocycles. The van der Waals surface area contributed by atoms with Gasteiger partial charge in [-0.2, -0.15) is 0 Å². The van der Waals surface area contributed by atoms with Crippen molar-refractivity contribution < 1.29 is 9.32 Å². The minimum Gasteiger partial charge on any atom is -0.356 e. The van der Waals surface area contributed by atoms with Gasteiger partial charge in [-0.3, -0.25) is 4.79 Å². The van der Waals surface area contributed by atoms with Gasteiger partial charge in [0, 0.05) is 10.9 Å². The monoisotopic (exact) mass is 223 g/mol. The number of aromatic nitrogens is 1. The van der Waals surface area contributed by atoms with Crippen LogP contribution in [0, 0.1) is 5.92 Å². The first-order valence-electron chi connectivity index (χ1n) is 4.68. The molecule has 4 heteroatoms. The summed E-state index contributed by atoms with van der Waals surface area (Å²) < 4.78 is 5.05. The molecule has 0 saturated heterocycles. The fourth-order valence-electron chi connectivity index (χ4n) is 1.36. The molecule has 0 atom stereocenters. The van der Waals surface area contributed by atoms with Crippen molar-refractivity contribution >= 4 is 28.4 Å². The summed E-state index contributed by atoms with van der Waals surface area (Å²) in [6.07, 6.45) is 0. The maximum atomic E-state index is 11.8. The van der Waals surface area contributed by atoms with Crippen molar-refractivity contribution in [2.24, 2.45) is 5.92 Å². The number of ketones is 1. The first-order valence-corrected chi connectivity index (χ1v) is 5.06. The van der Waals surface area contributed by atoms with Crippen LogP contribution in [0.5, 0.6) is 0 Å². The van der Waals surface area contributed by atoms with E-state index in [2.05, 4.69) is 5.16 Å². The molecule has 0 aliphatic carbocycles. The molecule has 2 aromatic rings. The van der Waals surface area contributed by atoms with Gasteiger partial charge in [-0.25, -0.2) is 0 Å². The molecule has 0 amide bonds. The van der Waals surface area contributed by atoms with E-state index in [1.807, 2.05) is 13.8 Å². The Kier molecular flexibility index (Phi) is 2.49. The first-order chi connectivity index (χ1) is 7.09. The normalized spacial score (nSPS) is 11.2. The molecule has 2 rings (SSSR count). The van der Waals surface area contributed by atoms with Crippen LogP contribution in [-0.2, 0) is 0 Å². The average Bonchev–Trinajstić information content (AvgIpc) is 2.59. The maximum absolute atomic E-state index is 11.8. The number of carbonyl (C=O) groups is 1. The predicted octanol–water partition coefficient (Wildman–Crippen LogP) is 3.32. The Bertz CT molecular complexity index is 516. The van der Waals surface area contributed by atoms with Crippen LogP contribution in [0.4, 0.5) is 0 Å². The standard InChI is InChI=1S/C11H10ClNO2/c1-6(2)11(14)10-8-5-7(12)3-4-9(8)15-13-10/h3-6H,1-2H3. The Morgan fingerprint density at radius 3 is 2.87 bits per heavy atom. The number of halogens is 1. The van der Waals surface area contributed by atoms with Gasteiger partial charge in [0.1, 0.15) is 0 Å². The molecular formula is C11H10ClNO2. The highest BCUT2D eigenvalue weighted by Crippen LogP contribution is 2.24. The van der Waals surface area contributed by atoms with Gasteiger partial charge in [-0.1, -0.05) is 30.6 Å². The second-order valence-corrected chi connectivity index (χ2v) is 4.13. The summed E-state index contributed by atoms with van der Waals surface area (Å²) in [5.74, 6) is -0.131. The van der Waals surface area contributed by atoms with Crippen molar-refractivity contribution in [1.82, 2.24) is 5.16 Å². The highest BCUT2D eigenvalue weighted by molar-refractivity contribution is 6.31. The van der Waals surface area contributed by atoms with Gasteiger partial charge in [0.2, 0.25) is 0 Å². The van der Waals surface area contributed by atoms with Crippen LogP contribution in [0.25, 0.3) is 11.0 Å². The minimum absolute atomic E-state index is 0.0315. The zero-order chi connectivity index (χ0) is 11.0. The van der Waals surface area contributed by atoms with Crippen LogP contribution in [0.3, 0.4) is 0 Å². The fourth-order valence-corrected chi connectivity index (χ4v) is 1.53. The number of nitrogens with zero attached hydrogens (tertiary/aromatic N) is 1. The molecule has 0 fully saturated rings. The summed E-state index contributed by atoms with van der Waals surface area (Å²) in [6, 6.07) is 5.11. The van der Waals surface area contributed by atoms with Crippen LogP contribution in [-0.4, -0.2) is 10.9 Å². The molecule has 1 aromatic carbocycles. The summed E-state index contributed by atoms with van der Waals surface area (Å²) in [5.41, 5.74) is 0.950. The van der Waals surface area contributed by atoms with Crippen molar-refractivity contribution in [2.45, 2.75) is 13.8 Å². The summed E-state index contributed by atoms with van der Waals surface area (Å²) >= 11 is 5.85. The molecule has 1 heterocycles. The second kappa shape index (κ2) is 3.66. The number of benzene rings is 1. The molecule has 0 bridgehead atoms. The van der Waals surface area contributed by atoms with Gasteiger partial charge < -0.3 is 4.52 Å². The van der Waals surface area contributed by atoms with Crippen LogP contribution in [0.2, 0.25) is 5.02 Å². The van der Waals surface area contributed by atoms with E-state index in [0.717, 1.165) is 0 Å². The quantitative estimate of drug-likeness (QED) is 0.734. The van der Waals surface area contributed by atoms with Crippen molar-refractivity contribution in [3.63, 3.8) is 0 Å². The SMILES string of the molecule is CC(C)C(=O)c1noc2ccc(Cl)cc12. The molecule has 15 heavy (non-hydrogen) atoms. The van der Waals surface area contributed by atoms with E-state index in [0.29, 0.717) is 21.7 Å². The van der Waals surface area contributed by atoms with E-state index in [4.69, 9.17) is 16.1 Å². The number of rotatable bonds is 2. The van der Waals surface area contributed by atoms with E-state index < -0.39 is 0 Å². The Balaban J connectivity index is 2.62. The Labute approximate surface area is 92.0 Å². The molecule has 78 valence electrons. The van der Waals surface area contributed by atoms with E-state index in [1.54, 1.807) is 18.2 Å². The van der Waals surface area contributed by atoms with E-state index in [1.165, 1.54) is 0 Å². The number of hydrogen-bond donors (Lipinski definition) is 0. The van der Waals surface area contributed by atoms with Crippen molar-refractivity contribution in [3.05, 3.63) is 28.9 Å². The largest absolute Gasteiger partial charge is 0.356 e. The molecule has 3 nitrogen and oxygen atoms in total. The van der Waals surface area contributed by atoms with Crippen LogP contribution in [0.15, 0.2) is 22.7 Å². The lowest BCUT2D eigenvalue weighted by atomic mass is 10.0. The number of hydrogen-bond acceptors (Lipinski definition) is 3. The Morgan fingerprint density at radius 2 is 2.20 bits per heavy atom. The van der Waals surface area contributed by atoms with Crippen LogP contribution in [0.1, 0.15) is 24.3 Å². The maximum Gasteiger partial charge on any atom is 0.187 e. The van der Waals surface area contributed by atoms with Gasteiger partial charge in [0.25, 0.3) is 0 Å². The van der Waals surface area contributed by atoms with Crippen molar-refractivity contribution in [2.75, 3.05) is 0 Å². The third-order valence-electron chi connectivity index (χ3n) is 2.19. The van der Waals surface area contributed by atoms with E-state index >= 15 is 0 Å². The molecule has 0 saturated carbocycles. The second-order valence-electron chi connectivity index (χ2n) is 3.69. The zero-order valence-electron chi connectivity index (χ0n) is 8.45. The third-order valence-corrected chi connectivity index (χ3v) is 2.42. The smallest absolute Gasteiger partial charge is 0.187 e. The zero-order valence-corrected chi connectivity index (χ0v) is 9.21. The molecule has 0 N–H and O–H groups in total. The molecule has 0 radical (unpaired) electrons. The van der Waals surface area contributed by atoms with Gasteiger partial charge >= 0.3 is 0 Å². The predicted molar refractivity (Wildman–Crippen MR) is 58.2 cm³/mol. The fraction of sp³-hybridized carbons (Fsp3) is 0.273. The molecule has 0 aliphatic rings. The lowest BCUT2D eigenvalue weighted by Gasteiger charge is -1.99. The lowest BCUT2D eigenvalue weighted by Crippen LogP contribution is -2.07. The Hall–Kier alpha value is -1.35. The summed E-state index contributed by atoms with van der Waals surface area (Å²) in [5, 5.41) is 5.03. The van der Waals surface area contributed by atoms with E-state index in [9.17, 15) is 4.79 Å². The lowest BCUT2D eigenvalue weighted by molar-refractivity contribution is 0.0932. The highest BCUT2D eigenvalue weighted by atomic mass is 35.5. The Morgan fingerprint density at radius 1 is 1.47 bits per heavy atom. The van der Waals surface area contributed by atoms with Crippen LogP contribution < -0.4 is 0 Å². The van der Waals surface area contributed by atoms with Crippen molar-refractivity contribution in [1.29, 1.82) is 0 Å². The van der Waals surface area contributed by atoms with Gasteiger partial charge in [0.05, 0.1) is 5.39 Å². The van der Waals surface area contributed by atoms with Crippen molar-refractivity contribution in [3.8, 4) is 0 Å². The van der Waals surface area contributed by atoms with Gasteiger partial charge in [-0.05, 0) is 18.2 Å². The van der Waals surface area contributed by atoms with Gasteiger partial charge in [0.15, 0.2) is 17.1 Å². The van der Waals surface area contributed by atoms with E-state index in [-0.39, 0.29) is 11.7 Å². The minimum atomic E-state index is -0.0997. The number of Topliss-reactive ketones (excluding diaryl/α,β-unsaturated/α-hetero) is 1. The molecule has 0 unspecified atom stereocenters. The summed E-state index contributed by atoms with van der Waals surface area (Å²) in [6.45, 7) is 3.65. The molecule has 1 aromatic heterocycles. The molecular weight excluding hydrogens is 214 g/mol. The number of carbonyl (C=O) groups excluding carboxylic acids is 1. The molecule has 0 spiro atoms. The highest BCUT2D eigenvalue weighted by Gasteiger charge is 2.18. The topological polar surface area (TPSA) is 43.1 Å². The summed E-state index contributed by atoms with van der Waals surface area (Å²) in [7, 11) is 0. The van der Waals surface area contributed by atoms with Crippen LogP contribution >= 0.6 is 11.6 Å². The average molecular weight is 224 g/mol. The number of fused-ring (bicyclic) bond motifs is 1. The third kappa shape index (κ3) is 1.75. The van der Waals surface area contributed by atoms with Gasteiger partial charge in [-0.15, -0.1) is 0 Å². The first kappa shape index (κ1) is 10.2.